The molecule has 0 N–H and O–H groups in total. The number of hydrogen-bond donors (Lipinski definition) is 0. The van der Waals surface area contributed by atoms with Crippen molar-refractivity contribution < 1.29 is 13.8 Å². The van der Waals surface area contributed by atoms with E-state index in [1.165, 1.54) is 56.7 Å². The van der Waals surface area contributed by atoms with E-state index < -0.39 is 16.9 Å². The van der Waals surface area contributed by atoms with Crippen molar-refractivity contribution in [3.8, 4) is 23.0 Å². The molecule has 6 aromatic rings. The van der Waals surface area contributed by atoms with Gasteiger partial charge >= 0.3 is 16.9 Å². The Balaban J connectivity index is 1.22. The quantitative estimate of drug-likeness (QED) is 0.103. The summed E-state index contributed by atoms with van der Waals surface area (Å²) in [6, 6.07) is 31.8. The van der Waals surface area contributed by atoms with Gasteiger partial charge in [0.2, 0.25) is 0 Å². The number of rotatable bonds is 14. The Hall–Kier alpha value is -4.18. The summed E-state index contributed by atoms with van der Waals surface area (Å²) in [7, 11) is -2.57. The van der Waals surface area contributed by atoms with E-state index in [1.54, 1.807) is 0 Å². The number of aromatic nitrogens is 4. The molecule has 4 aromatic heterocycles. The fourth-order valence-corrected chi connectivity index (χ4v) is 14.8. The number of ether oxygens (including phenoxy) is 1. The molecule has 0 atom stereocenters. The molecule has 2 aromatic carbocycles. The summed E-state index contributed by atoms with van der Waals surface area (Å²) in [4.78, 5) is 0. The number of nitrogens with zero attached hydrogens (tertiary/aromatic N) is 4. The maximum absolute atomic E-state index is 7.53. The lowest BCUT2D eigenvalue weighted by molar-refractivity contribution is 0.329. The van der Waals surface area contributed by atoms with E-state index in [9.17, 15) is 0 Å². The minimum Gasteiger partial charge on any atom is -0.449 e. The molecule has 0 amide bonds. The third kappa shape index (κ3) is 5.96. The number of hydrogen-bond acceptors (Lipinski definition) is 3. The first-order chi connectivity index (χ1) is 28.3. The van der Waals surface area contributed by atoms with E-state index in [-0.39, 0.29) is 17.3 Å². The molecule has 0 radical (unpaired) electrons. The average Bonchev–Trinajstić information content (AvgIpc) is 4.07. The van der Waals surface area contributed by atoms with Crippen molar-refractivity contribution in [3.05, 3.63) is 142 Å². The van der Waals surface area contributed by atoms with Gasteiger partial charge in [-0.15, -0.1) is 0 Å². The molecule has 9 rings (SSSR count). The molecule has 7 nitrogen and oxygen atoms in total. The summed E-state index contributed by atoms with van der Waals surface area (Å²) in [6.07, 6.45) is 10.3. The maximum atomic E-state index is 7.53. The highest BCUT2D eigenvalue weighted by atomic mass is 31.2. The van der Waals surface area contributed by atoms with E-state index in [4.69, 9.17) is 13.8 Å². The van der Waals surface area contributed by atoms with Crippen molar-refractivity contribution in [1.29, 1.82) is 0 Å². The van der Waals surface area contributed by atoms with Crippen LogP contribution in [-0.4, -0.2) is 17.4 Å². The number of unbranched alkanes of at least 4 members (excludes halogenated alkanes) is 2. The van der Waals surface area contributed by atoms with Crippen LogP contribution in [0.25, 0.3) is 0 Å². The van der Waals surface area contributed by atoms with Gasteiger partial charge in [0.15, 0.2) is 23.0 Å². The normalized spacial score (nSPS) is 19.7. The van der Waals surface area contributed by atoms with Crippen LogP contribution in [0.5, 0.6) is 23.0 Å². The zero-order valence-corrected chi connectivity index (χ0v) is 37.5. The Morgan fingerprint density at radius 3 is 1.16 bits per heavy atom. The summed E-state index contributed by atoms with van der Waals surface area (Å²) in [6.45, 7) is 18.3. The third-order valence-corrected chi connectivity index (χ3v) is 17.3. The predicted molar refractivity (Wildman–Crippen MR) is 240 cm³/mol. The van der Waals surface area contributed by atoms with Crippen molar-refractivity contribution >= 4 is 16.9 Å². The van der Waals surface area contributed by atoms with Crippen LogP contribution < -0.4 is 13.8 Å². The van der Waals surface area contributed by atoms with E-state index in [1.807, 2.05) is 0 Å². The smallest absolute Gasteiger partial charge is 0.318 e. The van der Waals surface area contributed by atoms with E-state index in [2.05, 4.69) is 158 Å². The number of benzene rings is 2. The summed E-state index contributed by atoms with van der Waals surface area (Å²) in [5, 5.41) is 0. The second-order valence-corrected chi connectivity index (χ2v) is 19.4. The SMILES string of the molecule is CCCCC1(CCCC)c2cccc(OP3n4c(CC)ccc4C(C)c4ccc(CC)n43)c2Oc2c(OP3n4c(CC)ccc4C(C)c4ccc(CC)n43)cccc21. The number of fused-ring (bicyclic) bond motifs is 6. The van der Waals surface area contributed by atoms with Gasteiger partial charge in [-0.25, -0.2) is 0 Å². The Bertz CT molecular complexity index is 2180. The third-order valence-electron chi connectivity index (χ3n) is 13.2. The van der Waals surface area contributed by atoms with Gasteiger partial charge in [0, 0.05) is 73.9 Å². The van der Waals surface area contributed by atoms with Crippen LogP contribution in [-0.2, 0) is 31.1 Å². The van der Waals surface area contributed by atoms with Crippen molar-refractivity contribution in [2.24, 2.45) is 0 Å². The first-order valence-electron chi connectivity index (χ1n) is 22.1. The van der Waals surface area contributed by atoms with Gasteiger partial charge in [-0.3, -0.25) is 17.4 Å². The first kappa shape index (κ1) is 39.3. The lowest BCUT2D eigenvalue weighted by Gasteiger charge is -2.42. The van der Waals surface area contributed by atoms with Crippen LogP contribution in [0.2, 0.25) is 0 Å². The highest BCUT2D eigenvalue weighted by Crippen LogP contribution is 2.63. The predicted octanol–water partition coefficient (Wildman–Crippen LogP) is 14.2. The molecule has 58 heavy (non-hydrogen) atoms. The van der Waals surface area contributed by atoms with Gasteiger partial charge in [0.05, 0.1) is 0 Å². The second kappa shape index (κ2) is 15.8. The highest BCUT2D eigenvalue weighted by molar-refractivity contribution is 7.50. The van der Waals surface area contributed by atoms with Crippen molar-refractivity contribution in [1.82, 2.24) is 17.4 Å². The minimum absolute atomic E-state index is 0.253. The molecule has 0 unspecified atom stereocenters. The lowest BCUT2D eigenvalue weighted by Crippen LogP contribution is -2.32. The van der Waals surface area contributed by atoms with E-state index in [0.29, 0.717) is 0 Å². The Kier molecular flexibility index (Phi) is 10.7. The van der Waals surface area contributed by atoms with Crippen molar-refractivity contribution in [3.63, 3.8) is 0 Å². The summed E-state index contributed by atoms with van der Waals surface area (Å²) >= 11 is 0. The Morgan fingerprint density at radius 2 is 0.845 bits per heavy atom. The topological polar surface area (TPSA) is 47.4 Å². The fraction of sp³-hybridized carbons (Fsp3) is 0.429. The molecule has 0 fully saturated rings. The van der Waals surface area contributed by atoms with Crippen LogP contribution in [0, 0.1) is 0 Å². The summed E-state index contributed by atoms with van der Waals surface area (Å²) < 4.78 is 32.5. The molecule has 0 aliphatic carbocycles. The molecule has 304 valence electrons. The second-order valence-electron chi connectivity index (χ2n) is 16.4. The first-order valence-corrected chi connectivity index (χ1v) is 24.4. The molecule has 0 spiro atoms. The molecular formula is C49H60N4O3P2. The van der Waals surface area contributed by atoms with Crippen LogP contribution in [0.15, 0.2) is 84.9 Å². The van der Waals surface area contributed by atoms with Gasteiger partial charge in [-0.1, -0.05) is 105 Å². The van der Waals surface area contributed by atoms with Gasteiger partial charge in [0.1, 0.15) is 0 Å². The average molecular weight is 815 g/mol. The largest absolute Gasteiger partial charge is 0.449 e. The molecule has 7 heterocycles. The molecule has 9 heteroatoms. The number of para-hydroxylation sites is 2. The molecule has 3 aliphatic rings. The molecule has 0 saturated heterocycles. The van der Waals surface area contributed by atoms with Crippen LogP contribution >= 0.6 is 16.9 Å². The van der Waals surface area contributed by atoms with Crippen LogP contribution in [0.3, 0.4) is 0 Å². The summed E-state index contributed by atoms with van der Waals surface area (Å²) in [5.41, 5.74) is 12.7. The van der Waals surface area contributed by atoms with Gasteiger partial charge in [-0.2, -0.15) is 0 Å². The minimum atomic E-state index is -1.29. The summed E-state index contributed by atoms with van der Waals surface area (Å²) in [5.74, 6) is 3.85. The van der Waals surface area contributed by atoms with E-state index in [0.717, 1.165) is 87.2 Å². The number of aryl methyl sites for hydroxylation is 4. The van der Waals surface area contributed by atoms with Crippen molar-refractivity contribution in [2.45, 2.75) is 137 Å². The Labute approximate surface area is 348 Å². The van der Waals surface area contributed by atoms with Gasteiger partial charge in [0.25, 0.3) is 0 Å². The van der Waals surface area contributed by atoms with Gasteiger partial charge in [-0.05, 0) is 99.2 Å². The molecule has 0 saturated carbocycles. The van der Waals surface area contributed by atoms with E-state index >= 15 is 0 Å². The molecule has 3 aliphatic heterocycles. The molecular weight excluding hydrogens is 755 g/mol. The molecule has 0 bridgehead atoms. The van der Waals surface area contributed by atoms with Crippen LogP contribution in [0.4, 0.5) is 0 Å². The fourth-order valence-electron chi connectivity index (χ4n) is 10.00. The zero-order chi connectivity index (χ0) is 40.3. The van der Waals surface area contributed by atoms with Crippen molar-refractivity contribution in [2.75, 3.05) is 0 Å². The lowest BCUT2D eigenvalue weighted by atomic mass is 9.66. The monoisotopic (exact) mass is 814 g/mol. The standard InChI is InChI=1S/C49H60N4O3P2/c1-9-15-31-49(32-16-10-2)39-19-17-21-45(55-57-50-35(11-3)23-27-41(50)33(7)42-28-24-36(12-4)51(42)57)47(39)54-48-40(49)20-18-22-46(48)56-58-52-37(13-5)25-29-43(52)34(8)44-30-26-38(14-6)53(44)58/h17-30,33-34H,9-16,31-32H2,1-8H3. The van der Waals surface area contributed by atoms with Crippen LogP contribution in [0.1, 0.15) is 162 Å². The highest BCUT2D eigenvalue weighted by Gasteiger charge is 2.45. The maximum Gasteiger partial charge on any atom is 0.318 e. The Morgan fingerprint density at radius 1 is 0.500 bits per heavy atom. The van der Waals surface area contributed by atoms with Gasteiger partial charge < -0.3 is 13.8 Å². The zero-order valence-electron chi connectivity index (χ0n) is 35.7.